The maximum atomic E-state index is 13.1. The number of methoxy groups -OCH3 is 1. The number of ether oxygens (including phenoxy) is 1. The van der Waals surface area contributed by atoms with Gasteiger partial charge in [-0.15, -0.1) is 0 Å². The van der Waals surface area contributed by atoms with Crippen molar-refractivity contribution in [3.63, 3.8) is 0 Å². The lowest BCUT2D eigenvalue weighted by Gasteiger charge is -2.51. The van der Waals surface area contributed by atoms with Gasteiger partial charge >= 0.3 is 0 Å². The molecule has 1 N–H and O–H groups in total. The molecule has 1 aliphatic rings. The summed E-state index contributed by atoms with van der Waals surface area (Å²) in [7, 11) is 3.37. The van der Waals surface area contributed by atoms with E-state index in [9.17, 15) is 19.7 Å². The molecule has 0 aliphatic heterocycles. The number of nitrogens with one attached hydrogen (secondary N) is 1. The van der Waals surface area contributed by atoms with E-state index in [-0.39, 0.29) is 47.5 Å². The van der Waals surface area contributed by atoms with Crippen LogP contribution in [0, 0.1) is 27.4 Å². The van der Waals surface area contributed by atoms with E-state index >= 15 is 0 Å². The van der Waals surface area contributed by atoms with E-state index in [0.717, 1.165) is 36.3 Å². The highest BCUT2D eigenvalue weighted by Gasteiger charge is 2.49. The highest BCUT2D eigenvalue weighted by atomic mass is 16.6. The average Bonchev–Trinajstić information content (AvgIpc) is 3.39. The molecule has 2 atom stereocenters. The van der Waals surface area contributed by atoms with Gasteiger partial charge in [-0.2, -0.15) is 0 Å². The zero-order valence-corrected chi connectivity index (χ0v) is 23.0. The molecule has 1 aromatic heterocycles. The number of hydrogen-bond acceptors (Lipinski definition) is 6. The van der Waals surface area contributed by atoms with Crippen LogP contribution in [-0.2, 0) is 22.6 Å². The molecule has 0 saturated heterocycles. The Morgan fingerprint density at radius 2 is 1.95 bits per heavy atom. The molecule has 9 nitrogen and oxygen atoms in total. The van der Waals surface area contributed by atoms with Crippen LogP contribution < -0.4 is 4.74 Å². The van der Waals surface area contributed by atoms with Crippen LogP contribution >= 0.6 is 0 Å². The summed E-state index contributed by atoms with van der Waals surface area (Å²) in [6, 6.07) is 14.0. The van der Waals surface area contributed by atoms with Crippen LogP contribution in [0.25, 0.3) is 11.4 Å². The molecule has 9 heteroatoms. The number of nitro groups is 1. The van der Waals surface area contributed by atoms with Gasteiger partial charge in [-0.25, -0.2) is 4.98 Å². The molecule has 0 spiro atoms. The third-order valence-electron chi connectivity index (χ3n) is 7.90. The molecule has 0 unspecified atom stereocenters. The number of imidazole rings is 1. The zero-order chi connectivity index (χ0) is 28.2. The summed E-state index contributed by atoms with van der Waals surface area (Å²) >= 11 is 0. The minimum atomic E-state index is -0.421. The Hall–Kier alpha value is -4.01. The van der Waals surface area contributed by atoms with Gasteiger partial charge < -0.3 is 14.6 Å². The van der Waals surface area contributed by atoms with Gasteiger partial charge in [-0.3, -0.25) is 19.7 Å². The fourth-order valence-electron chi connectivity index (χ4n) is 5.62. The molecule has 1 amide bonds. The number of aromatic nitrogens is 2. The predicted molar refractivity (Wildman–Crippen MR) is 148 cm³/mol. The first kappa shape index (κ1) is 28.0. The predicted octanol–water partition coefficient (Wildman–Crippen LogP) is 5.60. The number of aromatic amines is 1. The number of aryl methyl sites for hydroxylation is 1. The number of carbonyl (C=O) groups excluding carboxylic acids is 2. The lowest BCUT2D eigenvalue weighted by molar-refractivity contribution is -0.384. The van der Waals surface area contributed by atoms with Crippen LogP contribution in [0.15, 0.2) is 54.7 Å². The summed E-state index contributed by atoms with van der Waals surface area (Å²) in [5.41, 5.74) is 2.64. The lowest BCUT2D eigenvalue weighted by Crippen LogP contribution is -2.48. The molecular formula is C30H36N4O5. The maximum Gasteiger partial charge on any atom is 0.270 e. The van der Waals surface area contributed by atoms with Crippen LogP contribution in [0.1, 0.15) is 50.8 Å². The number of H-pyrrole nitrogens is 1. The second kappa shape index (κ2) is 11.8. The van der Waals surface area contributed by atoms with Crippen LogP contribution in [0.5, 0.6) is 5.75 Å². The van der Waals surface area contributed by atoms with Crippen molar-refractivity contribution in [2.45, 2.75) is 52.5 Å². The molecule has 1 heterocycles. The largest absolute Gasteiger partial charge is 0.497 e. The minimum Gasteiger partial charge on any atom is -0.497 e. The molecule has 1 fully saturated rings. The fourth-order valence-corrected chi connectivity index (χ4v) is 5.62. The van der Waals surface area contributed by atoms with Gasteiger partial charge in [0.15, 0.2) is 0 Å². The van der Waals surface area contributed by atoms with Crippen molar-refractivity contribution in [3.8, 4) is 17.1 Å². The highest BCUT2D eigenvalue weighted by Crippen LogP contribution is 2.53. The van der Waals surface area contributed by atoms with Crippen molar-refractivity contribution in [2.75, 3.05) is 14.2 Å². The maximum absolute atomic E-state index is 13.1. The molecular weight excluding hydrogens is 496 g/mol. The average molecular weight is 533 g/mol. The number of nitrogens with zero attached hydrogens (tertiary/aromatic N) is 3. The number of carbonyl (C=O) groups is 2. The van der Waals surface area contributed by atoms with E-state index in [2.05, 4.69) is 23.8 Å². The van der Waals surface area contributed by atoms with E-state index < -0.39 is 4.92 Å². The summed E-state index contributed by atoms with van der Waals surface area (Å²) < 4.78 is 5.25. The highest BCUT2D eigenvalue weighted by molar-refractivity contribution is 5.87. The summed E-state index contributed by atoms with van der Waals surface area (Å²) in [5.74, 6) is 1.62. The van der Waals surface area contributed by atoms with Gasteiger partial charge in [0.2, 0.25) is 5.91 Å². The Kier molecular flexibility index (Phi) is 8.47. The number of benzene rings is 2. The van der Waals surface area contributed by atoms with Crippen molar-refractivity contribution in [1.29, 1.82) is 0 Å². The van der Waals surface area contributed by atoms with E-state index in [0.29, 0.717) is 17.9 Å². The fraction of sp³-hybridized carbons (Fsp3) is 0.433. The second-order valence-corrected chi connectivity index (χ2v) is 11.1. The number of rotatable bonds is 12. The van der Waals surface area contributed by atoms with Crippen LogP contribution in [0.4, 0.5) is 5.69 Å². The molecule has 1 aliphatic carbocycles. The Morgan fingerprint density at radius 3 is 2.67 bits per heavy atom. The molecule has 3 aromatic rings. The van der Waals surface area contributed by atoms with Gasteiger partial charge in [-0.05, 0) is 48.3 Å². The van der Waals surface area contributed by atoms with Crippen molar-refractivity contribution in [3.05, 3.63) is 76.1 Å². The van der Waals surface area contributed by atoms with E-state index in [4.69, 9.17) is 4.74 Å². The number of nitro benzene ring substituents is 1. The monoisotopic (exact) mass is 532 g/mol. The van der Waals surface area contributed by atoms with Gasteiger partial charge in [0.1, 0.15) is 17.4 Å². The lowest BCUT2D eigenvalue weighted by atomic mass is 9.53. The second-order valence-electron chi connectivity index (χ2n) is 11.1. The summed E-state index contributed by atoms with van der Waals surface area (Å²) in [6.45, 7) is 4.85. The molecule has 2 aromatic carbocycles. The Labute approximate surface area is 228 Å². The number of hydrogen-bond donors (Lipinski definition) is 1. The first-order chi connectivity index (χ1) is 18.6. The zero-order valence-electron chi connectivity index (χ0n) is 23.0. The first-order valence-corrected chi connectivity index (χ1v) is 13.3. The number of non-ortho nitro benzene ring substituents is 1. The first-order valence-electron chi connectivity index (χ1n) is 13.3. The molecule has 1 saturated carbocycles. The third-order valence-corrected chi connectivity index (χ3v) is 7.90. The minimum absolute atomic E-state index is 0.0213. The van der Waals surface area contributed by atoms with E-state index in [1.165, 1.54) is 12.1 Å². The topological polar surface area (TPSA) is 118 Å². The normalized spacial score (nSPS) is 17.7. The van der Waals surface area contributed by atoms with Crippen molar-refractivity contribution in [1.82, 2.24) is 14.9 Å². The smallest absolute Gasteiger partial charge is 0.270 e. The molecule has 0 radical (unpaired) electrons. The Balaban J connectivity index is 1.29. The summed E-state index contributed by atoms with van der Waals surface area (Å²) in [5, 5.41) is 11.1. The molecule has 206 valence electrons. The van der Waals surface area contributed by atoms with Crippen molar-refractivity contribution in [2.24, 2.45) is 17.3 Å². The standard InChI is InChI=1S/C30H36N4O5/c1-30(2)17-25(27(35)13-14-28(36)33(3)19-20-7-5-10-24(15-20)39-4)26(30)12-11-22-18-31-29(32-22)21-8-6-9-23(16-21)34(37)38/h5-10,15-16,18,25-26H,11-14,17,19H2,1-4H3,(H,31,32)/t25-,26+/m0/s1. The van der Waals surface area contributed by atoms with Crippen LogP contribution in [0.2, 0.25) is 0 Å². The SMILES string of the molecule is COc1cccc(CN(C)C(=O)CCC(=O)[C@H]2CC(C)(C)[C@@H]2CCc2cnc(-c3cccc([N+](=O)[O-])c3)[nH]2)c1. The summed E-state index contributed by atoms with van der Waals surface area (Å²) in [6.07, 6.45) is 4.58. The van der Waals surface area contributed by atoms with Gasteiger partial charge in [-0.1, -0.05) is 38.1 Å². The van der Waals surface area contributed by atoms with Gasteiger partial charge in [0, 0.05) is 61.9 Å². The number of Topliss-reactive ketones (excluding diaryl/α,β-unsaturated/α-hetero) is 1. The molecule has 39 heavy (non-hydrogen) atoms. The van der Waals surface area contributed by atoms with Crippen molar-refractivity contribution < 1.29 is 19.2 Å². The number of amides is 1. The molecule has 4 rings (SSSR count). The van der Waals surface area contributed by atoms with Gasteiger partial charge in [0.25, 0.3) is 5.69 Å². The van der Waals surface area contributed by atoms with E-state index in [1.54, 1.807) is 37.4 Å². The van der Waals surface area contributed by atoms with E-state index in [1.807, 2.05) is 24.3 Å². The Bertz CT molecular complexity index is 1350. The van der Waals surface area contributed by atoms with Crippen molar-refractivity contribution >= 4 is 17.4 Å². The van der Waals surface area contributed by atoms with Crippen LogP contribution in [0.3, 0.4) is 0 Å². The third kappa shape index (κ3) is 6.71. The Morgan fingerprint density at radius 1 is 1.18 bits per heavy atom. The summed E-state index contributed by atoms with van der Waals surface area (Å²) in [4.78, 5) is 45.8. The van der Waals surface area contributed by atoms with Gasteiger partial charge in [0.05, 0.1) is 12.0 Å². The molecule has 0 bridgehead atoms. The number of ketones is 1. The van der Waals surface area contributed by atoms with Crippen LogP contribution in [-0.4, -0.2) is 45.6 Å². The quantitative estimate of drug-likeness (QED) is 0.240.